The molecule has 1 aromatic carbocycles. The maximum atomic E-state index is 5.58. The molecule has 0 unspecified atom stereocenters. The molecular weight excluding hydrogens is 316 g/mol. The van der Waals surface area contributed by atoms with Crippen molar-refractivity contribution in [1.29, 1.82) is 0 Å². The van der Waals surface area contributed by atoms with Crippen LogP contribution >= 0.6 is 11.3 Å². The summed E-state index contributed by atoms with van der Waals surface area (Å²) >= 11 is 1.60. The molecule has 3 aromatic rings. The Balaban J connectivity index is 1.66. The van der Waals surface area contributed by atoms with E-state index < -0.39 is 0 Å². The van der Waals surface area contributed by atoms with Crippen molar-refractivity contribution in [2.75, 3.05) is 13.3 Å². The van der Waals surface area contributed by atoms with E-state index in [2.05, 4.69) is 15.1 Å². The second kappa shape index (κ2) is 5.64. The number of benzene rings is 1. The molecule has 8 heteroatoms. The molecule has 23 heavy (non-hydrogen) atoms. The number of rotatable bonds is 4. The molecular formula is C15H14N4O3S. The first kappa shape index (κ1) is 14.2. The van der Waals surface area contributed by atoms with Crippen molar-refractivity contribution in [3.05, 3.63) is 28.1 Å². The highest BCUT2D eigenvalue weighted by molar-refractivity contribution is 7.12. The van der Waals surface area contributed by atoms with Gasteiger partial charge < -0.3 is 19.7 Å². The van der Waals surface area contributed by atoms with Crippen LogP contribution in [-0.4, -0.2) is 28.5 Å². The van der Waals surface area contributed by atoms with E-state index >= 15 is 0 Å². The summed E-state index contributed by atoms with van der Waals surface area (Å²) < 4.78 is 16.0. The molecule has 0 bridgehead atoms. The lowest BCUT2D eigenvalue weighted by molar-refractivity contribution is 0.174. The fraction of sp³-hybridized carbons (Fsp3) is 0.267. The van der Waals surface area contributed by atoms with Crippen LogP contribution in [0.4, 0.5) is 0 Å². The Morgan fingerprint density at radius 2 is 2.09 bits per heavy atom. The molecule has 0 saturated heterocycles. The van der Waals surface area contributed by atoms with Gasteiger partial charge in [0.1, 0.15) is 5.69 Å². The third kappa shape index (κ3) is 2.55. The quantitative estimate of drug-likeness (QED) is 0.784. The van der Waals surface area contributed by atoms with Crippen molar-refractivity contribution in [1.82, 2.24) is 15.1 Å². The first-order chi connectivity index (χ1) is 11.2. The molecule has 0 aliphatic carbocycles. The van der Waals surface area contributed by atoms with E-state index in [1.54, 1.807) is 11.3 Å². The lowest BCUT2D eigenvalue weighted by Crippen LogP contribution is -2.01. The summed E-state index contributed by atoms with van der Waals surface area (Å²) in [5.74, 6) is 2.31. The van der Waals surface area contributed by atoms with Crippen LogP contribution in [0.3, 0.4) is 0 Å². The lowest BCUT2D eigenvalue weighted by atomic mass is 10.2. The normalized spacial score (nSPS) is 12.8. The summed E-state index contributed by atoms with van der Waals surface area (Å²) in [4.78, 5) is 10.0. The van der Waals surface area contributed by atoms with Gasteiger partial charge in [-0.1, -0.05) is 5.16 Å². The molecule has 3 heterocycles. The zero-order valence-corrected chi connectivity index (χ0v) is 13.2. The molecule has 7 nitrogen and oxygen atoms in total. The summed E-state index contributed by atoms with van der Waals surface area (Å²) in [5.41, 5.74) is 7.10. The number of fused-ring (bicyclic) bond motifs is 1. The van der Waals surface area contributed by atoms with Gasteiger partial charge in [0.05, 0.1) is 5.01 Å². The predicted molar refractivity (Wildman–Crippen MR) is 84.5 cm³/mol. The largest absolute Gasteiger partial charge is 0.454 e. The van der Waals surface area contributed by atoms with Gasteiger partial charge in [0, 0.05) is 16.9 Å². The first-order valence-electron chi connectivity index (χ1n) is 7.15. The molecule has 2 aromatic heterocycles. The molecule has 1 aliphatic heterocycles. The number of nitrogens with two attached hydrogens (primary N) is 1. The second-order valence-electron chi connectivity index (χ2n) is 5.04. The molecule has 118 valence electrons. The number of nitrogens with zero attached hydrogens (tertiary/aromatic N) is 3. The second-order valence-corrected chi connectivity index (χ2v) is 6.33. The van der Waals surface area contributed by atoms with E-state index in [4.69, 9.17) is 19.7 Å². The molecule has 0 fully saturated rings. The van der Waals surface area contributed by atoms with Crippen LogP contribution in [0.1, 0.15) is 9.88 Å². The minimum atomic E-state index is 0.234. The van der Waals surface area contributed by atoms with Gasteiger partial charge >= 0.3 is 0 Å². The zero-order chi connectivity index (χ0) is 15.8. The zero-order valence-electron chi connectivity index (χ0n) is 12.4. The van der Waals surface area contributed by atoms with Crippen LogP contribution in [0.25, 0.3) is 23.0 Å². The lowest BCUT2D eigenvalue weighted by Gasteiger charge is -1.97. The topological polar surface area (TPSA) is 96.3 Å². The summed E-state index contributed by atoms with van der Waals surface area (Å²) in [7, 11) is 0. The van der Waals surface area contributed by atoms with E-state index in [9.17, 15) is 0 Å². The maximum Gasteiger partial charge on any atom is 0.277 e. The fourth-order valence-electron chi connectivity index (χ4n) is 2.35. The summed E-state index contributed by atoms with van der Waals surface area (Å²) in [6.07, 6.45) is 0.745. The third-order valence-electron chi connectivity index (χ3n) is 3.46. The molecule has 0 amide bonds. The van der Waals surface area contributed by atoms with E-state index in [-0.39, 0.29) is 6.79 Å². The van der Waals surface area contributed by atoms with Crippen molar-refractivity contribution in [3.8, 4) is 34.5 Å². The van der Waals surface area contributed by atoms with Crippen molar-refractivity contribution in [2.45, 2.75) is 13.3 Å². The number of hydrogen-bond donors (Lipinski definition) is 1. The van der Waals surface area contributed by atoms with Gasteiger partial charge in [0.2, 0.25) is 12.6 Å². The summed E-state index contributed by atoms with van der Waals surface area (Å²) in [6.45, 7) is 2.79. The Hall–Kier alpha value is -2.45. The van der Waals surface area contributed by atoms with Crippen LogP contribution in [0.15, 0.2) is 22.7 Å². The van der Waals surface area contributed by atoms with Gasteiger partial charge in [-0.05, 0) is 31.7 Å². The Morgan fingerprint density at radius 3 is 2.96 bits per heavy atom. The Bertz CT molecular complexity index is 858. The molecule has 4 rings (SSSR count). The Morgan fingerprint density at radius 1 is 1.22 bits per heavy atom. The van der Waals surface area contributed by atoms with Gasteiger partial charge in [-0.2, -0.15) is 4.98 Å². The fourth-order valence-corrected chi connectivity index (χ4v) is 3.29. The van der Waals surface area contributed by atoms with E-state index in [0.717, 1.165) is 33.3 Å². The van der Waals surface area contributed by atoms with E-state index in [0.29, 0.717) is 24.0 Å². The van der Waals surface area contributed by atoms with Gasteiger partial charge in [0.25, 0.3) is 5.89 Å². The first-order valence-corrected chi connectivity index (χ1v) is 7.96. The SMILES string of the molecule is Cc1sc(CCN)nc1-c1nc(-c2ccc3c(c2)OCO3)no1. The van der Waals surface area contributed by atoms with Crippen LogP contribution in [0.5, 0.6) is 11.5 Å². The highest BCUT2D eigenvalue weighted by Gasteiger charge is 2.19. The van der Waals surface area contributed by atoms with Crippen molar-refractivity contribution < 1.29 is 14.0 Å². The smallest absolute Gasteiger partial charge is 0.277 e. The van der Waals surface area contributed by atoms with Crippen LogP contribution in [0.2, 0.25) is 0 Å². The molecule has 0 saturated carbocycles. The summed E-state index contributed by atoms with van der Waals surface area (Å²) in [5, 5.41) is 5.02. The van der Waals surface area contributed by atoms with Gasteiger partial charge in [0.15, 0.2) is 11.5 Å². The highest BCUT2D eigenvalue weighted by Crippen LogP contribution is 2.36. The van der Waals surface area contributed by atoms with Crippen molar-refractivity contribution >= 4 is 11.3 Å². The molecule has 0 atom stereocenters. The molecule has 0 radical (unpaired) electrons. The van der Waals surface area contributed by atoms with E-state index in [1.807, 2.05) is 25.1 Å². The minimum absolute atomic E-state index is 0.234. The van der Waals surface area contributed by atoms with Crippen LogP contribution in [0, 0.1) is 6.92 Å². The Kier molecular flexibility index (Phi) is 3.47. The Labute approximate surface area is 136 Å². The standard InChI is InChI=1S/C15H14N4O3S/c1-8-13(17-12(23-8)4-5-16)15-18-14(19-22-15)9-2-3-10-11(6-9)21-7-20-10/h2-3,6H,4-5,7,16H2,1H3. The van der Waals surface area contributed by atoms with Crippen molar-refractivity contribution in [3.63, 3.8) is 0 Å². The van der Waals surface area contributed by atoms with Crippen LogP contribution in [-0.2, 0) is 6.42 Å². The molecule has 0 spiro atoms. The van der Waals surface area contributed by atoms with Crippen molar-refractivity contribution in [2.24, 2.45) is 5.73 Å². The number of aryl methyl sites for hydroxylation is 1. The number of thiazole rings is 1. The predicted octanol–water partition coefficient (Wildman–Crippen LogP) is 2.40. The number of hydrogen-bond acceptors (Lipinski definition) is 8. The molecule has 2 N–H and O–H groups in total. The maximum absolute atomic E-state index is 5.58. The number of ether oxygens (including phenoxy) is 2. The van der Waals surface area contributed by atoms with Gasteiger partial charge in [-0.3, -0.25) is 0 Å². The minimum Gasteiger partial charge on any atom is -0.454 e. The van der Waals surface area contributed by atoms with Gasteiger partial charge in [-0.15, -0.1) is 11.3 Å². The van der Waals surface area contributed by atoms with E-state index in [1.165, 1.54) is 0 Å². The average Bonchev–Trinajstić information content (AvgIpc) is 3.25. The molecule has 1 aliphatic rings. The van der Waals surface area contributed by atoms with Crippen LogP contribution < -0.4 is 15.2 Å². The summed E-state index contributed by atoms with van der Waals surface area (Å²) in [6, 6.07) is 5.54. The third-order valence-corrected chi connectivity index (χ3v) is 4.49. The monoisotopic (exact) mass is 330 g/mol. The number of aromatic nitrogens is 3. The van der Waals surface area contributed by atoms with Gasteiger partial charge in [-0.25, -0.2) is 4.98 Å². The highest BCUT2D eigenvalue weighted by atomic mass is 32.1. The average molecular weight is 330 g/mol.